The summed E-state index contributed by atoms with van der Waals surface area (Å²) in [7, 11) is -0.784. The average molecular weight is 396 g/mol. The Hall–Kier alpha value is -2.00. The number of pyridine rings is 1. The van der Waals surface area contributed by atoms with Gasteiger partial charge in [-0.2, -0.15) is 4.39 Å². The molecule has 1 amide bonds. The molecule has 0 aliphatic carbocycles. The average Bonchev–Trinajstić information content (AvgIpc) is 2.73. The number of amides is 1. The number of halogens is 2. The van der Waals surface area contributed by atoms with Gasteiger partial charge in [-0.1, -0.05) is 6.08 Å². The summed E-state index contributed by atoms with van der Waals surface area (Å²) < 4.78 is 43.9. The zero-order chi connectivity index (χ0) is 21.3. The van der Waals surface area contributed by atoms with Gasteiger partial charge in [-0.3, -0.25) is 0 Å². The molecule has 9 heteroatoms. The summed E-state index contributed by atoms with van der Waals surface area (Å²) in [5.41, 5.74) is -1.03. The first-order valence-electron chi connectivity index (χ1n) is 9.04. The molecule has 1 aliphatic heterocycles. The fraction of sp³-hybridized carbons (Fsp3) is 0.579. The molecule has 0 unspecified atom stereocenters. The molecule has 0 spiro atoms. The van der Waals surface area contributed by atoms with E-state index in [1.807, 2.05) is 27.7 Å². The Kier molecular flexibility index (Phi) is 6.20. The first kappa shape index (κ1) is 22.3. The van der Waals surface area contributed by atoms with Crippen LogP contribution < -0.4 is 5.32 Å². The van der Waals surface area contributed by atoms with Crippen molar-refractivity contribution in [2.75, 3.05) is 6.54 Å². The van der Waals surface area contributed by atoms with Crippen molar-refractivity contribution in [3.63, 3.8) is 0 Å². The van der Waals surface area contributed by atoms with Crippen molar-refractivity contribution < 1.29 is 27.6 Å². The molecule has 2 rings (SSSR count). The standard InChI is InChI=1S/C19H27BF2N2O4/c1-17(2,3)26-16(25)24-11-13(8-12-9-14(21)15(22)23-10-12)20-27-18(4,5)19(6,7)28-20/h8-10H,11H2,1-7H3,(H,24,25). The van der Waals surface area contributed by atoms with Gasteiger partial charge < -0.3 is 19.4 Å². The van der Waals surface area contributed by atoms with E-state index < -0.39 is 41.8 Å². The minimum Gasteiger partial charge on any atom is -0.444 e. The summed E-state index contributed by atoms with van der Waals surface area (Å²) in [5, 5.41) is 2.64. The monoisotopic (exact) mass is 396 g/mol. The van der Waals surface area contributed by atoms with E-state index in [1.54, 1.807) is 26.8 Å². The number of hydrogen-bond acceptors (Lipinski definition) is 5. The highest BCUT2D eigenvalue weighted by Gasteiger charge is 2.52. The highest BCUT2D eigenvalue weighted by molar-refractivity contribution is 6.56. The van der Waals surface area contributed by atoms with E-state index in [1.165, 1.54) is 6.20 Å². The van der Waals surface area contributed by atoms with Crippen LogP contribution >= 0.6 is 0 Å². The highest BCUT2D eigenvalue weighted by Crippen LogP contribution is 2.38. The van der Waals surface area contributed by atoms with Crippen LogP contribution in [0.2, 0.25) is 0 Å². The Balaban J connectivity index is 2.27. The minimum absolute atomic E-state index is 0.0325. The van der Waals surface area contributed by atoms with Gasteiger partial charge in [0.15, 0.2) is 5.82 Å². The van der Waals surface area contributed by atoms with E-state index in [-0.39, 0.29) is 6.54 Å². The summed E-state index contributed by atoms with van der Waals surface area (Å²) in [5.74, 6) is -2.25. The number of alkyl carbamates (subject to hydrolysis) is 1. The third-order valence-electron chi connectivity index (χ3n) is 4.56. The van der Waals surface area contributed by atoms with Crippen molar-refractivity contribution in [2.24, 2.45) is 0 Å². The van der Waals surface area contributed by atoms with Gasteiger partial charge in [0, 0.05) is 12.7 Å². The summed E-state index contributed by atoms with van der Waals surface area (Å²) in [6.07, 6.45) is 2.13. The quantitative estimate of drug-likeness (QED) is 0.618. The number of rotatable bonds is 4. The second-order valence-electron chi connectivity index (χ2n) is 8.70. The maximum absolute atomic E-state index is 13.5. The molecular weight excluding hydrogens is 369 g/mol. The van der Waals surface area contributed by atoms with Gasteiger partial charge in [0.1, 0.15) is 5.60 Å². The molecule has 1 aromatic heterocycles. The lowest BCUT2D eigenvalue weighted by Crippen LogP contribution is -2.41. The van der Waals surface area contributed by atoms with Crippen LogP contribution in [0.1, 0.15) is 54.0 Å². The number of ether oxygens (including phenoxy) is 1. The third-order valence-corrected chi connectivity index (χ3v) is 4.56. The zero-order valence-corrected chi connectivity index (χ0v) is 17.4. The molecule has 0 bridgehead atoms. The molecular formula is C19H27BF2N2O4. The summed E-state index contributed by atoms with van der Waals surface area (Å²) in [6, 6.07) is 1.01. The van der Waals surface area contributed by atoms with Crippen LogP contribution in [0, 0.1) is 11.8 Å². The predicted octanol–water partition coefficient (Wildman–Crippen LogP) is 3.90. The second kappa shape index (κ2) is 7.79. The van der Waals surface area contributed by atoms with E-state index in [0.29, 0.717) is 11.0 Å². The molecule has 2 heterocycles. The number of carbonyl (C=O) groups is 1. The van der Waals surface area contributed by atoms with Gasteiger partial charge in [0.25, 0.3) is 0 Å². The Morgan fingerprint density at radius 3 is 2.32 bits per heavy atom. The van der Waals surface area contributed by atoms with Crippen molar-refractivity contribution in [1.29, 1.82) is 0 Å². The number of nitrogens with one attached hydrogen (secondary N) is 1. The predicted molar refractivity (Wildman–Crippen MR) is 102 cm³/mol. The van der Waals surface area contributed by atoms with Crippen molar-refractivity contribution in [3.8, 4) is 0 Å². The Bertz CT molecular complexity index is 760. The van der Waals surface area contributed by atoms with Crippen LogP contribution in [0.4, 0.5) is 13.6 Å². The molecule has 0 atom stereocenters. The van der Waals surface area contributed by atoms with Crippen LogP contribution in [-0.4, -0.2) is 41.5 Å². The lowest BCUT2D eigenvalue weighted by Gasteiger charge is -2.32. The first-order valence-corrected chi connectivity index (χ1v) is 9.04. The van der Waals surface area contributed by atoms with E-state index >= 15 is 0 Å². The molecule has 0 aromatic carbocycles. The summed E-state index contributed by atoms with van der Waals surface area (Å²) in [4.78, 5) is 15.4. The van der Waals surface area contributed by atoms with E-state index in [4.69, 9.17) is 14.0 Å². The molecule has 1 aromatic rings. The largest absolute Gasteiger partial charge is 0.492 e. The van der Waals surface area contributed by atoms with E-state index in [0.717, 1.165) is 6.07 Å². The van der Waals surface area contributed by atoms with Crippen molar-refractivity contribution >= 4 is 19.3 Å². The fourth-order valence-corrected chi connectivity index (χ4v) is 2.41. The highest BCUT2D eigenvalue weighted by atomic mass is 19.2. The van der Waals surface area contributed by atoms with Crippen LogP contribution in [0.15, 0.2) is 17.7 Å². The van der Waals surface area contributed by atoms with Crippen molar-refractivity contribution in [3.05, 3.63) is 35.1 Å². The van der Waals surface area contributed by atoms with Gasteiger partial charge in [0.2, 0.25) is 5.95 Å². The normalized spacial score (nSPS) is 18.9. The number of aromatic nitrogens is 1. The molecule has 1 saturated heterocycles. The Labute approximate surface area is 164 Å². The topological polar surface area (TPSA) is 69.7 Å². The van der Waals surface area contributed by atoms with E-state index in [2.05, 4.69) is 10.3 Å². The summed E-state index contributed by atoms with van der Waals surface area (Å²) >= 11 is 0. The van der Waals surface area contributed by atoms with Crippen LogP contribution in [0.3, 0.4) is 0 Å². The molecule has 1 aliphatic rings. The molecule has 6 nitrogen and oxygen atoms in total. The first-order chi connectivity index (χ1) is 12.7. The van der Waals surface area contributed by atoms with Gasteiger partial charge in [-0.25, -0.2) is 14.2 Å². The van der Waals surface area contributed by atoms with Crippen molar-refractivity contribution in [1.82, 2.24) is 10.3 Å². The maximum atomic E-state index is 13.5. The number of hydrogen-bond donors (Lipinski definition) is 1. The molecule has 28 heavy (non-hydrogen) atoms. The Morgan fingerprint density at radius 1 is 1.25 bits per heavy atom. The minimum atomic E-state index is -1.18. The van der Waals surface area contributed by atoms with Gasteiger partial charge in [-0.05, 0) is 65.6 Å². The van der Waals surface area contributed by atoms with Crippen LogP contribution in [-0.2, 0) is 14.0 Å². The van der Waals surface area contributed by atoms with Crippen LogP contribution in [0.5, 0.6) is 0 Å². The van der Waals surface area contributed by atoms with E-state index in [9.17, 15) is 13.6 Å². The Morgan fingerprint density at radius 2 is 1.82 bits per heavy atom. The van der Waals surface area contributed by atoms with Gasteiger partial charge in [-0.15, -0.1) is 0 Å². The molecule has 0 radical (unpaired) electrons. The lowest BCUT2D eigenvalue weighted by molar-refractivity contribution is 0.00578. The molecule has 1 N–H and O–H groups in total. The third kappa shape index (κ3) is 5.51. The maximum Gasteiger partial charge on any atom is 0.492 e. The zero-order valence-electron chi connectivity index (χ0n) is 17.4. The van der Waals surface area contributed by atoms with Gasteiger partial charge >= 0.3 is 13.2 Å². The van der Waals surface area contributed by atoms with Crippen molar-refractivity contribution in [2.45, 2.75) is 65.3 Å². The second-order valence-corrected chi connectivity index (χ2v) is 8.70. The SMILES string of the molecule is CC(C)(C)OC(=O)NCC(=Cc1cnc(F)c(F)c1)B1OC(C)(C)C(C)(C)O1. The molecule has 0 saturated carbocycles. The summed E-state index contributed by atoms with van der Waals surface area (Å²) in [6.45, 7) is 12.9. The fourth-order valence-electron chi connectivity index (χ4n) is 2.41. The lowest BCUT2D eigenvalue weighted by atomic mass is 9.77. The smallest absolute Gasteiger partial charge is 0.444 e. The number of carbonyl (C=O) groups excluding carboxylic acids is 1. The van der Waals surface area contributed by atoms with Gasteiger partial charge in [0.05, 0.1) is 11.2 Å². The molecule has 154 valence electrons. The van der Waals surface area contributed by atoms with Crippen LogP contribution in [0.25, 0.3) is 6.08 Å². The number of nitrogens with zero attached hydrogens (tertiary/aromatic N) is 1. The molecule has 1 fully saturated rings.